The number of hydrogen-bond donors (Lipinski definition) is 1. The molecule has 1 aliphatic rings. The first kappa shape index (κ1) is 19.2. The number of aryl methyl sites for hydroxylation is 1. The molecule has 1 saturated heterocycles. The number of nitrogens with zero attached hydrogens (tertiary/aromatic N) is 1. The lowest BCUT2D eigenvalue weighted by molar-refractivity contribution is -0.145. The van der Waals surface area contributed by atoms with Crippen LogP contribution in [-0.4, -0.2) is 42.8 Å². The molecule has 0 aromatic heterocycles. The molecule has 144 valence electrons. The van der Waals surface area contributed by atoms with E-state index in [0.29, 0.717) is 17.9 Å². The fourth-order valence-electron chi connectivity index (χ4n) is 3.88. The molecule has 27 heavy (non-hydrogen) atoms. The van der Waals surface area contributed by atoms with E-state index in [1.807, 2.05) is 18.2 Å². The molecule has 0 bridgehead atoms. The topological polar surface area (TPSA) is 59.0 Å². The van der Waals surface area contributed by atoms with Crippen LogP contribution < -0.4 is 9.47 Å². The summed E-state index contributed by atoms with van der Waals surface area (Å²) in [5.74, 6) is 0.556. The monoisotopic (exact) mass is 369 g/mol. The summed E-state index contributed by atoms with van der Waals surface area (Å²) < 4.78 is 10.8. The SMILES string of the molecule is COc1ccc(C(c2ccc(C)cc2)N2CCCCC2C(=O)O)cc1OC. The number of carboxylic acid groups (broad SMARTS) is 1. The van der Waals surface area contributed by atoms with E-state index in [0.717, 1.165) is 30.5 Å². The zero-order valence-corrected chi connectivity index (χ0v) is 16.1. The van der Waals surface area contributed by atoms with Gasteiger partial charge in [-0.25, -0.2) is 0 Å². The highest BCUT2D eigenvalue weighted by molar-refractivity contribution is 5.73. The molecule has 0 amide bonds. The minimum absolute atomic E-state index is 0.146. The fourth-order valence-corrected chi connectivity index (χ4v) is 3.88. The van der Waals surface area contributed by atoms with Crippen LogP contribution in [0.2, 0.25) is 0 Å². The predicted octanol–water partition coefficient (Wildman–Crippen LogP) is 4.04. The Hall–Kier alpha value is -2.53. The first-order valence-electron chi connectivity index (χ1n) is 9.32. The molecule has 1 fully saturated rings. The second-order valence-electron chi connectivity index (χ2n) is 7.02. The summed E-state index contributed by atoms with van der Waals surface area (Å²) in [4.78, 5) is 14.0. The number of benzene rings is 2. The summed E-state index contributed by atoms with van der Waals surface area (Å²) in [6, 6.07) is 13.5. The van der Waals surface area contributed by atoms with Gasteiger partial charge in [0.1, 0.15) is 6.04 Å². The molecule has 2 aromatic rings. The maximum atomic E-state index is 11.9. The lowest BCUT2D eigenvalue weighted by Gasteiger charge is -2.39. The highest BCUT2D eigenvalue weighted by atomic mass is 16.5. The van der Waals surface area contributed by atoms with Crippen molar-refractivity contribution >= 4 is 5.97 Å². The quantitative estimate of drug-likeness (QED) is 0.833. The molecule has 5 nitrogen and oxygen atoms in total. The van der Waals surface area contributed by atoms with Gasteiger partial charge >= 0.3 is 5.97 Å². The normalized spacial score (nSPS) is 18.7. The van der Waals surface area contributed by atoms with Crippen LogP contribution >= 0.6 is 0 Å². The minimum Gasteiger partial charge on any atom is -0.493 e. The van der Waals surface area contributed by atoms with Gasteiger partial charge in [-0.3, -0.25) is 9.69 Å². The second kappa shape index (κ2) is 8.44. The Morgan fingerprint density at radius 1 is 1.04 bits per heavy atom. The summed E-state index contributed by atoms with van der Waals surface area (Å²) in [6.45, 7) is 2.81. The van der Waals surface area contributed by atoms with Crippen LogP contribution in [-0.2, 0) is 4.79 Å². The molecular weight excluding hydrogens is 342 g/mol. The van der Waals surface area contributed by atoms with Crippen molar-refractivity contribution in [3.63, 3.8) is 0 Å². The van der Waals surface area contributed by atoms with Gasteiger partial charge in [0.2, 0.25) is 0 Å². The number of carboxylic acids is 1. The maximum Gasteiger partial charge on any atom is 0.320 e. The van der Waals surface area contributed by atoms with E-state index in [1.54, 1.807) is 14.2 Å². The van der Waals surface area contributed by atoms with E-state index in [2.05, 4.69) is 36.1 Å². The molecule has 3 rings (SSSR count). The van der Waals surface area contributed by atoms with Crippen molar-refractivity contribution in [1.29, 1.82) is 0 Å². The third-order valence-corrected chi connectivity index (χ3v) is 5.28. The molecule has 1 aliphatic heterocycles. The van der Waals surface area contributed by atoms with Crippen LogP contribution in [0.3, 0.4) is 0 Å². The van der Waals surface area contributed by atoms with Crippen LogP contribution in [0.25, 0.3) is 0 Å². The van der Waals surface area contributed by atoms with Gasteiger partial charge in [0.25, 0.3) is 0 Å². The Labute approximate surface area is 160 Å². The Morgan fingerprint density at radius 2 is 1.70 bits per heavy atom. The van der Waals surface area contributed by atoms with E-state index < -0.39 is 12.0 Å². The number of piperidine rings is 1. The van der Waals surface area contributed by atoms with Crippen molar-refractivity contribution in [3.8, 4) is 11.5 Å². The van der Waals surface area contributed by atoms with Crippen molar-refractivity contribution in [2.45, 2.75) is 38.3 Å². The smallest absolute Gasteiger partial charge is 0.320 e. The maximum absolute atomic E-state index is 11.9. The van der Waals surface area contributed by atoms with E-state index >= 15 is 0 Å². The minimum atomic E-state index is -0.757. The van der Waals surface area contributed by atoms with Crippen molar-refractivity contribution in [3.05, 3.63) is 59.2 Å². The lowest BCUT2D eigenvalue weighted by Crippen LogP contribution is -2.46. The molecule has 1 heterocycles. The third kappa shape index (κ3) is 4.08. The molecule has 0 spiro atoms. The summed E-state index contributed by atoms with van der Waals surface area (Å²) in [6.07, 6.45) is 2.62. The van der Waals surface area contributed by atoms with Crippen LogP contribution in [0.1, 0.15) is 42.0 Å². The Bertz CT molecular complexity index is 787. The molecule has 1 N–H and O–H groups in total. The Balaban J connectivity index is 2.10. The highest BCUT2D eigenvalue weighted by Crippen LogP contribution is 2.38. The van der Waals surface area contributed by atoms with Gasteiger partial charge < -0.3 is 14.6 Å². The molecule has 2 unspecified atom stereocenters. The van der Waals surface area contributed by atoms with Gasteiger partial charge in [0.15, 0.2) is 11.5 Å². The first-order valence-corrected chi connectivity index (χ1v) is 9.32. The van der Waals surface area contributed by atoms with Crippen LogP contribution in [0.5, 0.6) is 11.5 Å². The number of aliphatic carboxylic acids is 1. The van der Waals surface area contributed by atoms with E-state index in [1.165, 1.54) is 5.56 Å². The molecule has 2 aromatic carbocycles. The number of carbonyl (C=O) groups is 1. The molecule has 0 aliphatic carbocycles. The third-order valence-electron chi connectivity index (χ3n) is 5.28. The summed E-state index contributed by atoms with van der Waals surface area (Å²) >= 11 is 0. The molecule has 0 radical (unpaired) electrons. The van der Waals surface area contributed by atoms with Gasteiger partial charge in [0.05, 0.1) is 20.3 Å². The fraction of sp³-hybridized carbons (Fsp3) is 0.409. The van der Waals surface area contributed by atoms with Crippen LogP contribution in [0.4, 0.5) is 0 Å². The largest absolute Gasteiger partial charge is 0.493 e. The Kier molecular flexibility index (Phi) is 6.01. The van der Waals surface area contributed by atoms with Gasteiger partial charge in [-0.05, 0) is 49.6 Å². The molecule has 0 saturated carbocycles. The standard InChI is InChI=1S/C22H27NO4/c1-15-7-9-16(10-8-15)21(23-13-5-4-6-18(23)22(24)25)17-11-12-19(26-2)20(14-17)27-3/h7-12,14,18,21H,4-6,13H2,1-3H3,(H,24,25). The number of rotatable bonds is 6. The van der Waals surface area contributed by atoms with Gasteiger partial charge in [0, 0.05) is 0 Å². The average Bonchev–Trinajstić information content (AvgIpc) is 2.69. The summed E-state index contributed by atoms with van der Waals surface area (Å²) in [5.41, 5.74) is 3.27. The Morgan fingerprint density at radius 3 is 2.33 bits per heavy atom. The zero-order chi connectivity index (χ0) is 19.4. The van der Waals surface area contributed by atoms with Crippen molar-refractivity contribution in [1.82, 2.24) is 4.90 Å². The number of hydrogen-bond acceptors (Lipinski definition) is 4. The van der Waals surface area contributed by atoms with Gasteiger partial charge in [-0.2, -0.15) is 0 Å². The van der Waals surface area contributed by atoms with Crippen molar-refractivity contribution < 1.29 is 19.4 Å². The lowest BCUT2D eigenvalue weighted by atomic mass is 9.91. The van der Waals surface area contributed by atoms with Crippen molar-refractivity contribution in [2.75, 3.05) is 20.8 Å². The number of methoxy groups -OCH3 is 2. The summed E-state index contributed by atoms with van der Waals surface area (Å²) in [7, 11) is 3.23. The van der Waals surface area contributed by atoms with Crippen LogP contribution in [0.15, 0.2) is 42.5 Å². The second-order valence-corrected chi connectivity index (χ2v) is 7.02. The van der Waals surface area contributed by atoms with Gasteiger partial charge in [-0.1, -0.05) is 42.3 Å². The average molecular weight is 369 g/mol. The van der Waals surface area contributed by atoms with E-state index in [4.69, 9.17) is 9.47 Å². The molecule has 5 heteroatoms. The first-order chi connectivity index (χ1) is 13.0. The predicted molar refractivity (Wildman–Crippen MR) is 105 cm³/mol. The van der Waals surface area contributed by atoms with Crippen molar-refractivity contribution in [2.24, 2.45) is 0 Å². The van der Waals surface area contributed by atoms with E-state index in [9.17, 15) is 9.90 Å². The van der Waals surface area contributed by atoms with E-state index in [-0.39, 0.29) is 6.04 Å². The summed E-state index contributed by atoms with van der Waals surface area (Å²) in [5, 5.41) is 9.79. The highest BCUT2D eigenvalue weighted by Gasteiger charge is 2.35. The van der Waals surface area contributed by atoms with Crippen LogP contribution in [0, 0.1) is 6.92 Å². The zero-order valence-electron chi connectivity index (χ0n) is 16.1. The van der Waals surface area contributed by atoms with Gasteiger partial charge in [-0.15, -0.1) is 0 Å². The number of likely N-dealkylation sites (tertiary alicyclic amines) is 1. The number of ether oxygens (including phenoxy) is 2. The molecular formula is C22H27NO4. The molecule has 2 atom stereocenters.